The van der Waals surface area contributed by atoms with Gasteiger partial charge >= 0.3 is 0 Å². The third-order valence-corrected chi connectivity index (χ3v) is 10.8. The predicted molar refractivity (Wildman–Crippen MR) is 212 cm³/mol. The van der Waals surface area contributed by atoms with Crippen LogP contribution in [0, 0.1) is 0 Å². The van der Waals surface area contributed by atoms with Crippen LogP contribution in [0.3, 0.4) is 0 Å². The zero-order valence-corrected chi connectivity index (χ0v) is 28.4. The molecule has 0 spiro atoms. The summed E-state index contributed by atoms with van der Waals surface area (Å²) in [4.78, 5) is 12.3. The molecule has 50 heavy (non-hydrogen) atoms. The van der Waals surface area contributed by atoms with Crippen molar-refractivity contribution in [2.45, 2.75) is 19.0 Å². The van der Waals surface area contributed by atoms with Crippen molar-refractivity contribution in [3.63, 3.8) is 0 Å². The summed E-state index contributed by atoms with van der Waals surface area (Å²) >= 11 is 1.87. The summed E-state index contributed by atoms with van der Waals surface area (Å²) in [6, 6.07) is 51.6. The van der Waals surface area contributed by atoms with Crippen molar-refractivity contribution in [2.24, 2.45) is 9.98 Å². The Balaban J connectivity index is 1.10. The quantitative estimate of drug-likeness (QED) is 0.199. The van der Waals surface area contributed by atoms with Gasteiger partial charge in [0.25, 0.3) is 0 Å². The van der Waals surface area contributed by atoms with E-state index in [4.69, 9.17) is 9.98 Å². The van der Waals surface area contributed by atoms with Crippen LogP contribution in [0.4, 0.5) is 11.4 Å². The molecular weight excluding hydrogens is 629 g/mol. The van der Waals surface area contributed by atoms with Gasteiger partial charge in [-0.15, -0.1) is 11.3 Å². The molecule has 0 bridgehead atoms. The van der Waals surface area contributed by atoms with E-state index in [1.807, 2.05) is 47.7 Å². The molecule has 240 valence electrons. The number of fused-ring (bicyclic) bond motifs is 4. The lowest BCUT2D eigenvalue weighted by Gasteiger charge is -2.28. The molecule has 0 saturated carbocycles. The lowest BCUT2D eigenvalue weighted by molar-refractivity contribution is 0.674. The summed E-state index contributed by atoms with van der Waals surface area (Å²) in [7, 11) is 0. The zero-order valence-electron chi connectivity index (χ0n) is 27.6. The first-order valence-electron chi connectivity index (χ1n) is 17.0. The Kier molecular flexibility index (Phi) is 7.68. The van der Waals surface area contributed by atoms with Crippen LogP contribution in [0.5, 0.6) is 0 Å². The minimum Gasteiger partial charge on any atom is -0.344 e. The average Bonchev–Trinajstić information content (AvgIpc) is 3.57. The normalized spacial score (nSPS) is 18.4. The van der Waals surface area contributed by atoms with E-state index in [1.165, 1.54) is 42.6 Å². The Labute approximate surface area is 296 Å². The van der Waals surface area contributed by atoms with Crippen molar-refractivity contribution >= 4 is 54.6 Å². The number of thiophene rings is 1. The lowest BCUT2D eigenvalue weighted by atomic mass is 9.93. The van der Waals surface area contributed by atoms with Gasteiger partial charge in [-0.25, -0.2) is 9.98 Å². The number of rotatable bonds is 5. The van der Waals surface area contributed by atoms with Crippen LogP contribution in [0.1, 0.15) is 41.3 Å². The highest BCUT2D eigenvalue weighted by Gasteiger charge is 2.22. The second-order valence-electron chi connectivity index (χ2n) is 12.7. The van der Waals surface area contributed by atoms with Gasteiger partial charge in [0.2, 0.25) is 0 Å². The maximum Gasteiger partial charge on any atom is 0.159 e. The Morgan fingerprint density at radius 3 is 2.24 bits per heavy atom. The molecule has 2 unspecified atom stereocenters. The number of hydrogen-bond acceptors (Lipinski definition) is 5. The molecule has 0 aliphatic carbocycles. The van der Waals surface area contributed by atoms with Crippen molar-refractivity contribution in [1.29, 1.82) is 0 Å². The van der Waals surface area contributed by atoms with Crippen molar-refractivity contribution in [1.82, 2.24) is 5.32 Å². The fourth-order valence-corrected chi connectivity index (χ4v) is 8.19. The summed E-state index contributed by atoms with van der Waals surface area (Å²) < 4.78 is 2.64. The third-order valence-electron chi connectivity index (χ3n) is 9.55. The Morgan fingerprint density at radius 1 is 0.660 bits per heavy atom. The van der Waals surface area contributed by atoms with Crippen LogP contribution in [0.15, 0.2) is 180 Å². The maximum atomic E-state index is 5.02. The van der Waals surface area contributed by atoms with Gasteiger partial charge in [-0.3, -0.25) is 0 Å². The summed E-state index contributed by atoms with van der Waals surface area (Å²) in [6.07, 6.45) is 8.48. The number of nitrogens with one attached hydrogen (secondary N) is 1. The molecule has 2 aliphatic rings. The minimum atomic E-state index is -0.236. The second kappa shape index (κ2) is 12.8. The predicted octanol–water partition coefficient (Wildman–Crippen LogP) is 11.5. The van der Waals surface area contributed by atoms with Gasteiger partial charge in [0.15, 0.2) is 5.84 Å². The lowest BCUT2D eigenvalue weighted by Crippen LogP contribution is -2.33. The molecule has 2 aliphatic heterocycles. The van der Waals surface area contributed by atoms with Crippen molar-refractivity contribution < 1.29 is 0 Å². The van der Waals surface area contributed by atoms with E-state index in [0.29, 0.717) is 0 Å². The molecule has 0 radical (unpaired) electrons. The second-order valence-corrected chi connectivity index (χ2v) is 13.8. The van der Waals surface area contributed by atoms with Gasteiger partial charge in [-0.1, -0.05) is 128 Å². The highest BCUT2D eigenvalue weighted by molar-refractivity contribution is 7.26. The summed E-state index contributed by atoms with van der Waals surface area (Å²) in [5.41, 5.74) is 9.13. The third kappa shape index (κ3) is 5.52. The Hall–Kier alpha value is -6.04. The molecule has 1 N–H and O–H groups in total. The van der Waals surface area contributed by atoms with Crippen LogP contribution in [-0.2, 0) is 0 Å². The smallest absolute Gasteiger partial charge is 0.159 e. The Bertz CT molecular complexity index is 2470. The summed E-state index contributed by atoms with van der Waals surface area (Å²) in [5.74, 6) is 1.79. The molecule has 9 rings (SSSR count). The SMILES string of the molecule is CC1/C=C\C=C/N(c2ccc(C3=NC(c4ccccc4)=NC(c4ccccc4)N3)cc2)c2cc(-c3cccc4c3sc3ccccc34)ccc21. The highest BCUT2D eigenvalue weighted by atomic mass is 32.1. The first-order chi connectivity index (χ1) is 24.7. The number of nitrogens with zero attached hydrogens (tertiary/aromatic N) is 3. The van der Waals surface area contributed by atoms with Crippen LogP contribution < -0.4 is 10.2 Å². The van der Waals surface area contributed by atoms with E-state index < -0.39 is 0 Å². The fourth-order valence-electron chi connectivity index (χ4n) is 6.95. The summed E-state index contributed by atoms with van der Waals surface area (Å²) in [5, 5.41) is 6.23. The number of amidine groups is 2. The monoisotopic (exact) mass is 662 g/mol. The molecule has 5 heteroatoms. The number of allylic oxidation sites excluding steroid dienone is 3. The molecule has 3 heterocycles. The molecule has 7 aromatic rings. The van der Waals surface area contributed by atoms with E-state index in [-0.39, 0.29) is 12.1 Å². The topological polar surface area (TPSA) is 40.0 Å². The van der Waals surface area contributed by atoms with Crippen LogP contribution in [0.25, 0.3) is 31.3 Å². The molecule has 6 aromatic carbocycles. The van der Waals surface area contributed by atoms with Gasteiger partial charge in [0.1, 0.15) is 12.0 Å². The van der Waals surface area contributed by atoms with Crippen LogP contribution in [-0.4, -0.2) is 11.7 Å². The van der Waals surface area contributed by atoms with Crippen LogP contribution in [0.2, 0.25) is 0 Å². The molecular formula is C45H34N4S. The standard InChI is InChI=1S/C45H34N4S/c1-30-13-10-11-28-49(40-29-34(24-27-36(30)40)37-19-12-20-39-38-18-8-9-21-41(38)50-42(37)39)35-25-22-33(23-26-35)45-47-43(31-14-4-2-5-15-31)46-44(48-45)32-16-6-3-7-17-32/h2-30,43H,1H3,(H,46,47,48)/b13-10-,28-11-. The van der Waals surface area contributed by atoms with E-state index >= 15 is 0 Å². The van der Waals surface area contributed by atoms with Gasteiger partial charge in [0, 0.05) is 54.8 Å². The van der Waals surface area contributed by atoms with E-state index in [9.17, 15) is 0 Å². The number of hydrogen-bond donors (Lipinski definition) is 1. The van der Waals surface area contributed by atoms with Gasteiger partial charge < -0.3 is 10.2 Å². The number of anilines is 2. The highest BCUT2D eigenvalue weighted by Crippen LogP contribution is 2.43. The van der Waals surface area contributed by atoms with E-state index in [1.54, 1.807) is 0 Å². The largest absolute Gasteiger partial charge is 0.344 e. The van der Waals surface area contributed by atoms with Crippen LogP contribution >= 0.6 is 11.3 Å². The van der Waals surface area contributed by atoms with Crippen molar-refractivity contribution in [3.05, 3.63) is 192 Å². The number of benzene rings is 6. The van der Waals surface area contributed by atoms with Gasteiger partial charge in [-0.2, -0.15) is 0 Å². The molecule has 2 atom stereocenters. The van der Waals surface area contributed by atoms with E-state index in [2.05, 4.69) is 151 Å². The zero-order chi connectivity index (χ0) is 33.4. The first kappa shape index (κ1) is 30.1. The summed E-state index contributed by atoms with van der Waals surface area (Å²) in [6.45, 7) is 2.27. The number of aliphatic imine (C=N–C) groups is 2. The molecule has 1 aromatic heterocycles. The molecule has 0 saturated heterocycles. The Morgan fingerprint density at radius 2 is 1.40 bits per heavy atom. The fraction of sp³-hybridized carbons (Fsp3) is 0.0667. The van der Waals surface area contributed by atoms with Gasteiger partial charge in [-0.05, 0) is 64.7 Å². The van der Waals surface area contributed by atoms with Crippen molar-refractivity contribution in [2.75, 3.05) is 4.90 Å². The van der Waals surface area contributed by atoms with E-state index in [0.717, 1.165) is 34.0 Å². The molecule has 0 amide bonds. The van der Waals surface area contributed by atoms with Gasteiger partial charge in [0.05, 0.1) is 0 Å². The first-order valence-corrected chi connectivity index (χ1v) is 17.8. The maximum absolute atomic E-state index is 5.02. The van der Waals surface area contributed by atoms with Crippen molar-refractivity contribution in [3.8, 4) is 11.1 Å². The molecule has 0 fully saturated rings. The average molecular weight is 663 g/mol. The minimum absolute atomic E-state index is 0.236. The molecule has 4 nitrogen and oxygen atoms in total.